The highest BCUT2D eigenvalue weighted by Gasteiger charge is 2.27. The molecule has 1 saturated heterocycles. The number of rotatable bonds is 8. The van der Waals surface area contributed by atoms with Crippen molar-refractivity contribution in [1.82, 2.24) is 20.3 Å². The maximum Gasteiger partial charge on any atom is 0.255 e. The van der Waals surface area contributed by atoms with Crippen molar-refractivity contribution >= 4 is 34.3 Å². The van der Waals surface area contributed by atoms with Gasteiger partial charge in [0.25, 0.3) is 5.91 Å². The monoisotopic (exact) mass is 486 g/mol. The van der Waals surface area contributed by atoms with Crippen LogP contribution in [-0.4, -0.2) is 63.5 Å². The van der Waals surface area contributed by atoms with Gasteiger partial charge in [-0.25, -0.2) is 18.7 Å². The Kier molecular flexibility index (Phi) is 7.37. The van der Waals surface area contributed by atoms with Crippen molar-refractivity contribution in [2.45, 2.75) is 44.5 Å². The number of nitrogens with one attached hydrogen (secondary N) is 3. The third-order valence-corrected chi connectivity index (χ3v) is 5.70. The lowest BCUT2D eigenvalue weighted by molar-refractivity contribution is -0.00177. The van der Waals surface area contributed by atoms with Crippen LogP contribution in [0.5, 0.6) is 0 Å². The quantitative estimate of drug-likeness (QED) is 0.383. The number of amides is 1. The molecule has 4 heterocycles. The largest absolute Gasteiger partial charge is 0.387 e. The molecule has 35 heavy (non-hydrogen) atoms. The van der Waals surface area contributed by atoms with Crippen LogP contribution in [0.2, 0.25) is 0 Å². The first-order valence-electron chi connectivity index (χ1n) is 11.4. The lowest BCUT2D eigenvalue weighted by Crippen LogP contribution is -2.42. The van der Waals surface area contributed by atoms with Crippen LogP contribution in [0.1, 0.15) is 37.0 Å². The first-order valence-corrected chi connectivity index (χ1v) is 11.4. The highest BCUT2D eigenvalue weighted by molar-refractivity contribution is 6.00. The van der Waals surface area contributed by atoms with Crippen molar-refractivity contribution in [2.75, 3.05) is 30.4 Å². The summed E-state index contributed by atoms with van der Waals surface area (Å²) in [5.74, 6) is -0.168. The fraction of sp³-hybridized carbons (Fsp3) is 0.417. The molecule has 11 heteroatoms. The molecule has 1 unspecified atom stereocenters. The van der Waals surface area contributed by atoms with Gasteiger partial charge < -0.3 is 25.8 Å². The van der Waals surface area contributed by atoms with Crippen LogP contribution in [0, 0.1) is 5.82 Å². The van der Waals surface area contributed by atoms with Crippen molar-refractivity contribution < 1.29 is 23.4 Å². The van der Waals surface area contributed by atoms with E-state index in [-0.39, 0.29) is 18.2 Å². The van der Waals surface area contributed by atoms with Gasteiger partial charge in [0.05, 0.1) is 40.6 Å². The van der Waals surface area contributed by atoms with E-state index in [0.29, 0.717) is 41.6 Å². The van der Waals surface area contributed by atoms with Crippen molar-refractivity contribution in [1.29, 1.82) is 0 Å². The smallest absolute Gasteiger partial charge is 0.255 e. The van der Waals surface area contributed by atoms with Crippen LogP contribution in [-0.2, 0) is 4.74 Å². The van der Waals surface area contributed by atoms with E-state index >= 15 is 0 Å². The summed E-state index contributed by atoms with van der Waals surface area (Å²) in [6, 6.07) is 6.45. The zero-order valence-corrected chi connectivity index (χ0v) is 19.5. The number of hydrogen-bond donors (Lipinski definition) is 4. The van der Waals surface area contributed by atoms with Gasteiger partial charge in [0.1, 0.15) is 23.6 Å². The molecule has 0 bridgehead atoms. The number of halogens is 2. The summed E-state index contributed by atoms with van der Waals surface area (Å²) < 4.78 is 33.1. The number of nitrogens with zero attached hydrogens (tertiary/aromatic N) is 3. The Morgan fingerprint density at radius 2 is 1.94 bits per heavy atom. The third-order valence-electron chi connectivity index (χ3n) is 5.70. The SMILES string of the molecule is CC(C)(O)C(F)CNC(=O)c1cnc(Nc2ccc3ncc(F)cc3n2)cc1NC1CCOCC1. The number of carbonyl (C=O) groups excluding carboxylic acids is 1. The minimum absolute atomic E-state index is 0.0868. The topological polar surface area (TPSA) is 121 Å². The highest BCUT2D eigenvalue weighted by atomic mass is 19.1. The van der Waals surface area contributed by atoms with E-state index < -0.39 is 23.5 Å². The molecule has 1 amide bonds. The molecular formula is C24H28F2N6O3. The second-order valence-corrected chi connectivity index (χ2v) is 8.99. The molecule has 3 aromatic rings. The van der Waals surface area contributed by atoms with Gasteiger partial charge in [-0.3, -0.25) is 9.78 Å². The summed E-state index contributed by atoms with van der Waals surface area (Å²) >= 11 is 0. The third kappa shape index (κ3) is 6.37. The number of fused-ring (bicyclic) bond motifs is 1. The van der Waals surface area contributed by atoms with E-state index in [9.17, 15) is 18.7 Å². The summed E-state index contributed by atoms with van der Waals surface area (Å²) in [5.41, 5.74) is 0.116. The zero-order valence-electron chi connectivity index (χ0n) is 19.5. The predicted molar refractivity (Wildman–Crippen MR) is 128 cm³/mol. The Morgan fingerprint density at radius 1 is 1.17 bits per heavy atom. The first-order chi connectivity index (χ1) is 16.7. The van der Waals surface area contributed by atoms with Gasteiger partial charge in [-0.2, -0.15) is 0 Å². The zero-order chi connectivity index (χ0) is 25.0. The number of pyridine rings is 3. The number of aliphatic hydroxyl groups is 1. The van der Waals surface area contributed by atoms with Crippen molar-refractivity contribution in [3.8, 4) is 0 Å². The minimum atomic E-state index is -1.63. The second kappa shape index (κ2) is 10.4. The molecule has 1 fully saturated rings. The van der Waals surface area contributed by atoms with Crippen LogP contribution < -0.4 is 16.0 Å². The molecule has 3 aromatic heterocycles. The van der Waals surface area contributed by atoms with Crippen LogP contribution >= 0.6 is 0 Å². The Hall–Kier alpha value is -3.44. The standard InChI is InChI=1S/C24H28F2N6O3/c1-24(2,34)20(26)13-29-23(33)16-12-28-22(10-18(16)30-15-5-7-35-8-6-15)32-21-4-3-17-19(31-21)9-14(25)11-27-17/h3-4,9-12,15,20,34H,5-8,13H2,1-2H3,(H,29,33)(H2,28,30,31,32). The van der Waals surface area contributed by atoms with Gasteiger partial charge in [-0.15, -0.1) is 0 Å². The van der Waals surface area contributed by atoms with Crippen LogP contribution in [0.15, 0.2) is 36.7 Å². The molecule has 0 radical (unpaired) electrons. The number of anilines is 3. The average Bonchev–Trinajstić information content (AvgIpc) is 2.82. The Bertz CT molecular complexity index is 1200. The number of alkyl halides is 1. The number of hydrogen-bond acceptors (Lipinski definition) is 8. The Labute approximate surface area is 201 Å². The summed E-state index contributed by atoms with van der Waals surface area (Å²) in [7, 11) is 0. The van der Waals surface area contributed by atoms with Gasteiger partial charge in [0, 0.05) is 37.6 Å². The van der Waals surface area contributed by atoms with Crippen LogP contribution in [0.3, 0.4) is 0 Å². The molecule has 4 N–H and O–H groups in total. The lowest BCUT2D eigenvalue weighted by Gasteiger charge is -2.26. The summed E-state index contributed by atoms with van der Waals surface area (Å²) in [6.45, 7) is 3.56. The molecule has 4 rings (SSSR count). The number of carbonyl (C=O) groups is 1. The number of aromatic nitrogens is 3. The fourth-order valence-corrected chi connectivity index (χ4v) is 3.60. The maximum atomic E-state index is 14.1. The fourth-order valence-electron chi connectivity index (χ4n) is 3.60. The minimum Gasteiger partial charge on any atom is -0.387 e. The van der Waals surface area contributed by atoms with E-state index in [1.165, 1.54) is 26.1 Å². The van der Waals surface area contributed by atoms with Crippen LogP contribution in [0.25, 0.3) is 11.0 Å². The molecule has 0 saturated carbocycles. The maximum absolute atomic E-state index is 14.1. The van der Waals surface area contributed by atoms with E-state index in [1.54, 1.807) is 18.2 Å². The lowest BCUT2D eigenvalue weighted by atomic mass is 10.0. The predicted octanol–water partition coefficient (Wildman–Crippen LogP) is 3.34. The van der Waals surface area contributed by atoms with Crippen molar-refractivity contribution in [3.05, 3.63) is 48.0 Å². The summed E-state index contributed by atoms with van der Waals surface area (Å²) in [4.78, 5) is 25.5. The van der Waals surface area contributed by atoms with E-state index in [0.717, 1.165) is 19.0 Å². The molecule has 0 aliphatic carbocycles. The molecule has 1 aliphatic rings. The molecule has 186 valence electrons. The highest BCUT2D eigenvalue weighted by Crippen LogP contribution is 2.25. The van der Waals surface area contributed by atoms with Gasteiger partial charge in [-0.1, -0.05) is 0 Å². The number of ether oxygens (including phenoxy) is 1. The average molecular weight is 487 g/mol. The molecule has 1 atom stereocenters. The van der Waals surface area contributed by atoms with Crippen molar-refractivity contribution in [3.63, 3.8) is 0 Å². The van der Waals surface area contributed by atoms with Crippen LogP contribution in [0.4, 0.5) is 26.1 Å². The molecule has 0 spiro atoms. The molecule has 0 aromatic carbocycles. The second-order valence-electron chi connectivity index (χ2n) is 8.99. The van der Waals surface area contributed by atoms with E-state index in [1.807, 2.05) is 0 Å². The van der Waals surface area contributed by atoms with Crippen molar-refractivity contribution in [2.24, 2.45) is 0 Å². The Balaban J connectivity index is 1.56. The normalized spacial score (nSPS) is 15.6. The van der Waals surface area contributed by atoms with Gasteiger partial charge >= 0.3 is 0 Å². The first kappa shape index (κ1) is 24.7. The molecule has 9 nitrogen and oxygen atoms in total. The summed E-state index contributed by atoms with van der Waals surface area (Å²) in [5, 5.41) is 18.8. The van der Waals surface area contributed by atoms with Gasteiger partial charge in [-0.05, 0) is 38.8 Å². The van der Waals surface area contributed by atoms with Gasteiger partial charge in [0.2, 0.25) is 0 Å². The summed E-state index contributed by atoms with van der Waals surface area (Å²) in [6.07, 6.45) is 2.41. The van der Waals surface area contributed by atoms with E-state index in [4.69, 9.17) is 4.74 Å². The molecular weight excluding hydrogens is 458 g/mol. The van der Waals surface area contributed by atoms with Gasteiger partial charge in [0.15, 0.2) is 0 Å². The molecule has 1 aliphatic heterocycles. The Morgan fingerprint density at radius 3 is 2.69 bits per heavy atom. The van der Waals surface area contributed by atoms with E-state index in [2.05, 4.69) is 30.9 Å².